The molecule has 0 N–H and O–H groups in total. The first kappa shape index (κ1) is 10.1. The van der Waals surface area contributed by atoms with Crippen LogP contribution >= 0.6 is 11.3 Å². The Balaban J connectivity index is 2.08. The second-order valence-corrected chi connectivity index (χ2v) is 4.36. The fraction of sp³-hybridized carbons (Fsp3) is 0.167. The maximum atomic E-state index is 8.97. The minimum Gasteiger partial charge on any atom is -0.486 e. The third-order valence-corrected chi connectivity index (χ3v) is 3.22. The third kappa shape index (κ3) is 1.73. The number of thiazole rings is 1. The Kier molecular flexibility index (Phi) is 2.42. The van der Waals surface area contributed by atoms with Gasteiger partial charge in [-0.3, -0.25) is 0 Å². The molecule has 0 saturated heterocycles. The summed E-state index contributed by atoms with van der Waals surface area (Å²) in [5.74, 6) is 1.46. The summed E-state index contributed by atoms with van der Waals surface area (Å²) in [4.78, 5) is 4.82. The number of hydrogen-bond donors (Lipinski definition) is 0. The molecule has 5 heteroatoms. The molecule has 0 saturated carbocycles. The van der Waals surface area contributed by atoms with E-state index in [1.54, 1.807) is 5.51 Å². The predicted molar refractivity (Wildman–Crippen MR) is 63.3 cm³/mol. The maximum Gasteiger partial charge on any atom is 0.162 e. The van der Waals surface area contributed by atoms with E-state index in [9.17, 15) is 0 Å². The van der Waals surface area contributed by atoms with Crippen molar-refractivity contribution in [3.8, 4) is 28.8 Å². The lowest BCUT2D eigenvalue weighted by molar-refractivity contribution is 0.171. The highest BCUT2D eigenvalue weighted by Crippen LogP contribution is 2.35. The van der Waals surface area contributed by atoms with Crippen molar-refractivity contribution in [2.45, 2.75) is 0 Å². The lowest BCUT2D eigenvalue weighted by atomic mass is 10.1. The van der Waals surface area contributed by atoms with Crippen LogP contribution in [0.1, 0.15) is 4.88 Å². The smallest absolute Gasteiger partial charge is 0.162 e. The summed E-state index contributed by atoms with van der Waals surface area (Å²) < 4.78 is 10.9. The van der Waals surface area contributed by atoms with Gasteiger partial charge in [-0.2, -0.15) is 5.26 Å². The molecule has 0 bridgehead atoms. The van der Waals surface area contributed by atoms with Crippen LogP contribution in [-0.4, -0.2) is 18.2 Å². The van der Waals surface area contributed by atoms with Crippen LogP contribution in [0.25, 0.3) is 11.3 Å². The monoisotopic (exact) mass is 244 g/mol. The Bertz CT molecular complexity index is 601. The lowest BCUT2D eigenvalue weighted by Crippen LogP contribution is -2.15. The zero-order valence-electron chi connectivity index (χ0n) is 8.84. The number of hydrogen-bond acceptors (Lipinski definition) is 5. The van der Waals surface area contributed by atoms with Gasteiger partial charge in [0.2, 0.25) is 0 Å². The second-order valence-electron chi connectivity index (χ2n) is 3.50. The molecule has 17 heavy (non-hydrogen) atoms. The number of benzene rings is 1. The number of rotatable bonds is 1. The van der Waals surface area contributed by atoms with Crippen molar-refractivity contribution in [3.63, 3.8) is 0 Å². The van der Waals surface area contributed by atoms with E-state index in [-0.39, 0.29) is 0 Å². The van der Waals surface area contributed by atoms with Gasteiger partial charge in [0, 0.05) is 5.56 Å². The van der Waals surface area contributed by atoms with Crippen molar-refractivity contribution in [2.24, 2.45) is 0 Å². The van der Waals surface area contributed by atoms with E-state index in [1.807, 2.05) is 18.2 Å². The Labute approximate surface area is 102 Å². The van der Waals surface area contributed by atoms with Gasteiger partial charge in [0.1, 0.15) is 24.2 Å². The minimum absolute atomic E-state index is 0.554. The minimum atomic E-state index is 0.554. The van der Waals surface area contributed by atoms with E-state index < -0.39 is 0 Å². The Morgan fingerprint density at radius 1 is 1.24 bits per heavy atom. The second kappa shape index (κ2) is 4.07. The Hall–Kier alpha value is -2.06. The van der Waals surface area contributed by atoms with Crippen LogP contribution in [0, 0.1) is 11.3 Å². The molecule has 0 fully saturated rings. The molecule has 2 heterocycles. The zero-order chi connectivity index (χ0) is 11.7. The molecule has 0 radical (unpaired) electrons. The van der Waals surface area contributed by atoms with Crippen LogP contribution in [0.3, 0.4) is 0 Å². The van der Waals surface area contributed by atoms with Gasteiger partial charge in [0.25, 0.3) is 0 Å². The molecule has 84 valence electrons. The molecule has 0 spiro atoms. The number of fused-ring (bicyclic) bond motifs is 1. The van der Waals surface area contributed by atoms with Gasteiger partial charge in [-0.25, -0.2) is 4.98 Å². The van der Waals surface area contributed by atoms with Crippen molar-refractivity contribution < 1.29 is 9.47 Å². The molecule has 1 aliphatic heterocycles. The van der Waals surface area contributed by atoms with Crippen molar-refractivity contribution in [1.82, 2.24) is 4.98 Å². The first-order valence-electron chi connectivity index (χ1n) is 5.12. The molecule has 1 aromatic carbocycles. The van der Waals surface area contributed by atoms with Gasteiger partial charge in [-0.1, -0.05) is 0 Å². The summed E-state index contributed by atoms with van der Waals surface area (Å²) in [7, 11) is 0. The molecule has 0 aliphatic carbocycles. The Morgan fingerprint density at radius 2 is 2.06 bits per heavy atom. The molecule has 1 aliphatic rings. The molecule has 0 amide bonds. The number of ether oxygens (including phenoxy) is 2. The van der Waals surface area contributed by atoms with Crippen molar-refractivity contribution in [2.75, 3.05) is 13.2 Å². The quantitative estimate of drug-likeness (QED) is 0.773. The van der Waals surface area contributed by atoms with E-state index in [0.717, 1.165) is 11.3 Å². The highest BCUT2D eigenvalue weighted by Gasteiger charge is 2.15. The largest absolute Gasteiger partial charge is 0.486 e. The van der Waals surface area contributed by atoms with Crippen LogP contribution in [-0.2, 0) is 0 Å². The fourth-order valence-electron chi connectivity index (χ4n) is 1.72. The molecule has 0 unspecified atom stereocenters. The van der Waals surface area contributed by atoms with Crippen molar-refractivity contribution in [3.05, 3.63) is 28.6 Å². The van der Waals surface area contributed by atoms with Crippen LogP contribution in [0.5, 0.6) is 11.5 Å². The molecule has 0 atom stereocenters. The average Bonchev–Trinajstić information content (AvgIpc) is 2.86. The summed E-state index contributed by atoms with van der Waals surface area (Å²) in [6, 6.07) is 7.75. The van der Waals surface area contributed by atoms with Gasteiger partial charge in [-0.15, -0.1) is 11.3 Å². The summed E-state index contributed by atoms with van der Waals surface area (Å²) in [5.41, 5.74) is 3.26. The molecule has 4 nitrogen and oxygen atoms in total. The van der Waals surface area contributed by atoms with E-state index in [0.29, 0.717) is 29.5 Å². The lowest BCUT2D eigenvalue weighted by Gasteiger charge is -2.18. The maximum absolute atomic E-state index is 8.97. The molecule has 1 aromatic heterocycles. The fourth-order valence-corrected chi connectivity index (χ4v) is 2.32. The summed E-state index contributed by atoms with van der Waals surface area (Å²) in [6.07, 6.45) is 0. The highest BCUT2D eigenvalue weighted by molar-refractivity contribution is 7.10. The van der Waals surface area contributed by atoms with E-state index in [1.165, 1.54) is 11.3 Å². The average molecular weight is 244 g/mol. The topological polar surface area (TPSA) is 55.1 Å². The van der Waals surface area contributed by atoms with Crippen molar-refractivity contribution in [1.29, 1.82) is 5.26 Å². The Morgan fingerprint density at radius 3 is 2.88 bits per heavy atom. The zero-order valence-corrected chi connectivity index (χ0v) is 9.66. The SMILES string of the molecule is N#Cc1scnc1-c1ccc2c(c1)OCCO2. The van der Waals surface area contributed by atoms with Gasteiger partial charge >= 0.3 is 0 Å². The summed E-state index contributed by atoms with van der Waals surface area (Å²) in [5, 5.41) is 8.97. The number of aromatic nitrogens is 1. The van der Waals surface area contributed by atoms with Crippen LogP contribution in [0.4, 0.5) is 0 Å². The first-order chi connectivity index (χ1) is 8.38. The van der Waals surface area contributed by atoms with E-state index in [4.69, 9.17) is 14.7 Å². The van der Waals surface area contributed by atoms with Crippen LogP contribution in [0.2, 0.25) is 0 Å². The van der Waals surface area contributed by atoms with Gasteiger partial charge in [0.15, 0.2) is 11.5 Å². The molecular formula is C12H8N2O2S. The van der Waals surface area contributed by atoms with Gasteiger partial charge < -0.3 is 9.47 Å². The third-order valence-electron chi connectivity index (χ3n) is 2.48. The first-order valence-corrected chi connectivity index (χ1v) is 6.00. The van der Waals surface area contributed by atoms with E-state index >= 15 is 0 Å². The van der Waals surface area contributed by atoms with Crippen LogP contribution in [0.15, 0.2) is 23.7 Å². The number of nitriles is 1. The molecule has 2 aromatic rings. The molecular weight excluding hydrogens is 236 g/mol. The normalized spacial score (nSPS) is 13.1. The molecule has 3 rings (SSSR count). The predicted octanol–water partition coefficient (Wildman–Crippen LogP) is 2.45. The van der Waals surface area contributed by atoms with Gasteiger partial charge in [0.05, 0.1) is 11.2 Å². The van der Waals surface area contributed by atoms with Gasteiger partial charge in [-0.05, 0) is 18.2 Å². The van der Waals surface area contributed by atoms with E-state index in [2.05, 4.69) is 11.1 Å². The standard InChI is InChI=1S/C12H8N2O2S/c13-6-11-12(14-7-17-11)8-1-2-9-10(5-8)16-4-3-15-9/h1-2,5,7H,3-4H2. The summed E-state index contributed by atoms with van der Waals surface area (Å²) >= 11 is 1.34. The number of nitrogens with zero attached hydrogens (tertiary/aromatic N) is 2. The van der Waals surface area contributed by atoms with Crippen LogP contribution < -0.4 is 9.47 Å². The summed E-state index contributed by atoms with van der Waals surface area (Å²) in [6.45, 7) is 1.13. The van der Waals surface area contributed by atoms with Crippen molar-refractivity contribution >= 4 is 11.3 Å². The highest BCUT2D eigenvalue weighted by atomic mass is 32.1.